The maximum absolute atomic E-state index is 12.8. The van der Waals surface area contributed by atoms with E-state index < -0.39 is 0 Å². The largest absolute Gasteiger partial charge is 0.482 e. The van der Waals surface area contributed by atoms with Crippen LogP contribution in [-0.2, 0) is 9.53 Å². The molecule has 184 valence electrons. The molecule has 2 aliphatic heterocycles. The highest BCUT2D eigenvalue weighted by Gasteiger charge is 2.37. The molecule has 0 aliphatic carbocycles. The number of anilines is 1. The van der Waals surface area contributed by atoms with Crippen molar-refractivity contribution in [3.63, 3.8) is 0 Å². The number of nitrogens with zero attached hydrogens (tertiary/aromatic N) is 1. The Morgan fingerprint density at radius 2 is 1.75 bits per heavy atom. The molecule has 2 heterocycles. The van der Waals surface area contributed by atoms with Crippen molar-refractivity contribution < 1.29 is 28.6 Å². The number of fused-ring (bicyclic) bond motifs is 1. The molecule has 1 saturated heterocycles. The topological polar surface area (TPSA) is 94.2 Å². The van der Waals surface area contributed by atoms with E-state index in [1.165, 1.54) is 4.90 Å². The molecule has 0 saturated carbocycles. The van der Waals surface area contributed by atoms with E-state index in [9.17, 15) is 14.4 Å². The summed E-state index contributed by atoms with van der Waals surface area (Å²) in [6, 6.07) is 18.5. The molecule has 1 fully saturated rings. The van der Waals surface area contributed by atoms with Gasteiger partial charge in [0.25, 0.3) is 17.7 Å². The minimum atomic E-state index is -0.340. The average Bonchev–Trinajstić information content (AvgIpc) is 3.48. The molecular formula is C27H23ClN2O6. The third kappa shape index (κ3) is 5.19. The molecule has 3 amide bonds. The van der Waals surface area contributed by atoms with Crippen molar-refractivity contribution >= 4 is 35.0 Å². The fraction of sp³-hybridized carbons (Fsp3) is 0.222. The Balaban J connectivity index is 1.18. The Labute approximate surface area is 212 Å². The van der Waals surface area contributed by atoms with E-state index in [2.05, 4.69) is 5.32 Å². The summed E-state index contributed by atoms with van der Waals surface area (Å²) in [4.78, 5) is 39.0. The first-order valence-corrected chi connectivity index (χ1v) is 11.9. The Morgan fingerprint density at radius 3 is 2.50 bits per heavy atom. The summed E-state index contributed by atoms with van der Waals surface area (Å²) in [7, 11) is 0. The van der Waals surface area contributed by atoms with Gasteiger partial charge in [0, 0.05) is 12.3 Å². The number of ether oxygens (including phenoxy) is 3. The van der Waals surface area contributed by atoms with E-state index in [1.54, 1.807) is 66.7 Å². The molecule has 9 heteroatoms. The van der Waals surface area contributed by atoms with Gasteiger partial charge in [0.05, 0.1) is 28.8 Å². The van der Waals surface area contributed by atoms with Crippen molar-refractivity contribution in [2.45, 2.75) is 18.9 Å². The lowest BCUT2D eigenvalue weighted by molar-refractivity contribution is -0.118. The summed E-state index contributed by atoms with van der Waals surface area (Å²) in [6.45, 7) is 0.734. The molecule has 1 unspecified atom stereocenters. The van der Waals surface area contributed by atoms with Crippen LogP contribution in [0.25, 0.3) is 0 Å². The monoisotopic (exact) mass is 506 g/mol. The van der Waals surface area contributed by atoms with E-state index in [1.807, 2.05) is 0 Å². The number of benzene rings is 3. The van der Waals surface area contributed by atoms with Crippen molar-refractivity contribution in [3.8, 4) is 17.2 Å². The lowest BCUT2D eigenvalue weighted by atomic mass is 10.1. The molecule has 0 spiro atoms. The second-order valence-corrected chi connectivity index (χ2v) is 8.86. The number of imide groups is 1. The molecule has 1 N–H and O–H groups in total. The van der Waals surface area contributed by atoms with Gasteiger partial charge in [-0.3, -0.25) is 19.3 Å². The lowest BCUT2D eigenvalue weighted by Gasteiger charge is -2.17. The van der Waals surface area contributed by atoms with Gasteiger partial charge in [-0.05, 0) is 67.4 Å². The van der Waals surface area contributed by atoms with Crippen LogP contribution in [-0.4, -0.2) is 48.5 Å². The maximum Gasteiger partial charge on any atom is 0.262 e. The smallest absolute Gasteiger partial charge is 0.262 e. The van der Waals surface area contributed by atoms with Crippen molar-refractivity contribution in [1.29, 1.82) is 0 Å². The highest BCUT2D eigenvalue weighted by Crippen LogP contribution is 2.31. The van der Waals surface area contributed by atoms with E-state index >= 15 is 0 Å². The quantitative estimate of drug-likeness (QED) is 0.436. The van der Waals surface area contributed by atoms with Gasteiger partial charge in [0.15, 0.2) is 6.61 Å². The minimum absolute atomic E-state index is 0.107. The number of halogens is 1. The van der Waals surface area contributed by atoms with Crippen LogP contribution in [0.1, 0.15) is 33.6 Å². The van der Waals surface area contributed by atoms with Gasteiger partial charge < -0.3 is 19.5 Å². The van der Waals surface area contributed by atoms with E-state index in [-0.39, 0.29) is 37.0 Å². The fourth-order valence-electron chi connectivity index (χ4n) is 4.14. The standard InChI is InChI=1S/C27H23ClN2O6/c28-23-5-1-2-6-24(23)35-16-25(31)29-17-7-9-18(10-8-17)36-19-11-12-21-22(14-19)27(33)30(26(21)32)15-20-4-3-13-34-20/h1-2,5-12,14,20H,3-4,13,15-16H2,(H,29,31). The van der Waals surface area contributed by atoms with Crippen LogP contribution in [0, 0.1) is 0 Å². The summed E-state index contributed by atoms with van der Waals surface area (Å²) in [5, 5.41) is 3.17. The van der Waals surface area contributed by atoms with Gasteiger partial charge >= 0.3 is 0 Å². The highest BCUT2D eigenvalue weighted by atomic mass is 35.5. The van der Waals surface area contributed by atoms with Crippen LogP contribution in [0.2, 0.25) is 5.02 Å². The summed E-state index contributed by atoms with van der Waals surface area (Å²) in [5.74, 6) is 0.385. The SMILES string of the molecule is O=C(COc1ccccc1Cl)Nc1ccc(Oc2ccc3c(c2)C(=O)N(CC2CCCO2)C3=O)cc1. The molecule has 8 nitrogen and oxygen atoms in total. The van der Waals surface area contributed by atoms with Crippen LogP contribution in [0.15, 0.2) is 66.7 Å². The zero-order valence-corrected chi connectivity index (χ0v) is 20.0. The summed E-state index contributed by atoms with van der Waals surface area (Å²) < 4.78 is 16.9. The van der Waals surface area contributed by atoms with E-state index in [0.29, 0.717) is 45.7 Å². The number of rotatable bonds is 8. The number of hydrogen-bond acceptors (Lipinski definition) is 6. The first kappa shape index (κ1) is 23.8. The number of para-hydroxylation sites is 1. The first-order valence-electron chi connectivity index (χ1n) is 11.5. The molecule has 0 radical (unpaired) electrons. The maximum atomic E-state index is 12.8. The molecule has 36 heavy (non-hydrogen) atoms. The number of nitrogens with one attached hydrogen (secondary N) is 1. The van der Waals surface area contributed by atoms with Crippen LogP contribution < -0.4 is 14.8 Å². The Hall–Kier alpha value is -3.88. The van der Waals surface area contributed by atoms with Crippen molar-refractivity contribution in [2.24, 2.45) is 0 Å². The second kappa shape index (κ2) is 10.4. The van der Waals surface area contributed by atoms with Crippen molar-refractivity contribution in [2.75, 3.05) is 25.1 Å². The van der Waals surface area contributed by atoms with Crippen LogP contribution in [0.5, 0.6) is 17.2 Å². The molecule has 0 bridgehead atoms. The molecular weight excluding hydrogens is 484 g/mol. The Kier molecular flexibility index (Phi) is 6.88. The molecule has 1 atom stereocenters. The third-order valence-corrected chi connectivity index (χ3v) is 6.23. The van der Waals surface area contributed by atoms with Crippen LogP contribution in [0.3, 0.4) is 0 Å². The zero-order valence-electron chi connectivity index (χ0n) is 19.2. The van der Waals surface area contributed by atoms with Gasteiger partial charge in [-0.2, -0.15) is 0 Å². The minimum Gasteiger partial charge on any atom is -0.482 e. The summed E-state index contributed by atoms with van der Waals surface area (Å²) >= 11 is 6.03. The Bertz CT molecular complexity index is 1300. The van der Waals surface area contributed by atoms with E-state index in [4.69, 9.17) is 25.8 Å². The van der Waals surface area contributed by atoms with Gasteiger partial charge in [-0.25, -0.2) is 0 Å². The average molecular weight is 507 g/mol. The predicted octanol–water partition coefficient (Wildman–Crippen LogP) is 4.92. The van der Waals surface area contributed by atoms with Crippen LogP contribution >= 0.6 is 11.6 Å². The number of amides is 3. The lowest BCUT2D eigenvalue weighted by Crippen LogP contribution is -2.36. The fourth-order valence-corrected chi connectivity index (χ4v) is 4.33. The molecule has 5 rings (SSSR count). The van der Waals surface area contributed by atoms with Crippen molar-refractivity contribution in [3.05, 3.63) is 82.9 Å². The molecule has 0 aromatic heterocycles. The molecule has 3 aromatic carbocycles. The van der Waals surface area contributed by atoms with E-state index in [0.717, 1.165) is 12.8 Å². The van der Waals surface area contributed by atoms with Gasteiger partial charge in [-0.1, -0.05) is 23.7 Å². The van der Waals surface area contributed by atoms with Gasteiger partial charge in [-0.15, -0.1) is 0 Å². The summed E-state index contributed by atoms with van der Waals surface area (Å²) in [5.41, 5.74) is 1.25. The zero-order chi connectivity index (χ0) is 25.1. The van der Waals surface area contributed by atoms with Crippen LogP contribution in [0.4, 0.5) is 5.69 Å². The predicted molar refractivity (Wildman–Crippen MR) is 133 cm³/mol. The second-order valence-electron chi connectivity index (χ2n) is 8.46. The first-order chi connectivity index (χ1) is 17.5. The Morgan fingerprint density at radius 1 is 1.00 bits per heavy atom. The highest BCUT2D eigenvalue weighted by molar-refractivity contribution is 6.32. The normalized spacial score (nSPS) is 16.7. The van der Waals surface area contributed by atoms with Gasteiger partial charge in [0.2, 0.25) is 0 Å². The number of carbonyl (C=O) groups excluding carboxylic acids is 3. The molecule has 3 aromatic rings. The molecule has 2 aliphatic rings. The number of hydrogen-bond donors (Lipinski definition) is 1. The third-order valence-electron chi connectivity index (χ3n) is 5.92. The number of carbonyl (C=O) groups is 3. The van der Waals surface area contributed by atoms with Crippen molar-refractivity contribution in [1.82, 2.24) is 4.90 Å². The van der Waals surface area contributed by atoms with Gasteiger partial charge in [0.1, 0.15) is 17.2 Å². The summed E-state index contributed by atoms with van der Waals surface area (Å²) in [6.07, 6.45) is 1.67.